The number of aromatic nitrogens is 3. The summed E-state index contributed by atoms with van der Waals surface area (Å²) < 4.78 is 20.9. The third kappa shape index (κ3) is 5.29. The molecule has 0 radical (unpaired) electrons. The SMILES string of the molecule is O=C(NC[C@@H]1CCCO1)c1ccc(Cn2c(SCc3ccc(F)cc3)nc3ccncc32)cc1. The van der Waals surface area contributed by atoms with Gasteiger partial charge >= 0.3 is 0 Å². The summed E-state index contributed by atoms with van der Waals surface area (Å²) >= 11 is 1.60. The second kappa shape index (κ2) is 10.4. The minimum Gasteiger partial charge on any atom is -0.376 e. The summed E-state index contributed by atoms with van der Waals surface area (Å²) in [6, 6.07) is 16.1. The van der Waals surface area contributed by atoms with Crippen molar-refractivity contribution in [1.82, 2.24) is 19.9 Å². The highest BCUT2D eigenvalue weighted by Gasteiger charge is 2.17. The van der Waals surface area contributed by atoms with Crippen molar-refractivity contribution in [2.24, 2.45) is 0 Å². The van der Waals surface area contributed by atoms with E-state index in [0.717, 1.165) is 46.8 Å². The minimum absolute atomic E-state index is 0.0881. The second-order valence-electron chi connectivity index (χ2n) is 8.30. The van der Waals surface area contributed by atoms with Crippen molar-refractivity contribution in [1.29, 1.82) is 0 Å². The van der Waals surface area contributed by atoms with Crippen LogP contribution in [0.2, 0.25) is 0 Å². The van der Waals surface area contributed by atoms with Crippen LogP contribution in [0.15, 0.2) is 72.1 Å². The van der Waals surface area contributed by atoms with Gasteiger partial charge in [-0.25, -0.2) is 9.37 Å². The quantitative estimate of drug-likeness (QED) is 0.369. The Kier molecular flexibility index (Phi) is 6.87. The average molecular weight is 477 g/mol. The number of nitrogens with one attached hydrogen (secondary N) is 1. The lowest BCUT2D eigenvalue weighted by Crippen LogP contribution is -2.31. The van der Waals surface area contributed by atoms with Gasteiger partial charge in [-0.2, -0.15) is 0 Å². The summed E-state index contributed by atoms with van der Waals surface area (Å²) in [7, 11) is 0. The number of nitrogens with zero attached hydrogens (tertiary/aromatic N) is 3. The number of fused-ring (bicyclic) bond motifs is 1. The van der Waals surface area contributed by atoms with Gasteiger partial charge in [-0.3, -0.25) is 9.78 Å². The molecule has 1 amide bonds. The molecule has 34 heavy (non-hydrogen) atoms. The molecule has 0 saturated carbocycles. The van der Waals surface area contributed by atoms with Crippen molar-refractivity contribution in [3.63, 3.8) is 0 Å². The number of halogens is 1. The Balaban J connectivity index is 1.30. The number of thioether (sulfide) groups is 1. The number of pyridine rings is 1. The van der Waals surface area contributed by atoms with E-state index in [9.17, 15) is 9.18 Å². The zero-order chi connectivity index (χ0) is 23.3. The van der Waals surface area contributed by atoms with Crippen molar-refractivity contribution < 1.29 is 13.9 Å². The average Bonchev–Trinajstić information content (AvgIpc) is 3.51. The van der Waals surface area contributed by atoms with E-state index >= 15 is 0 Å². The molecule has 1 saturated heterocycles. The van der Waals surface area contributed by atoms with E-state index in [1.165, 1.54) is 12.1 Å². The lowest BCUT2D eigenvalue weighted by Gasteiger charge is -2.12. The topological polar surface area (TPSA) is 69.0 Å². The first-order valence-corrected chi connectivity index (χ1v) is 12.3. The number of hydrogen-bond acceptors (Lipinski definition) is 5. The van der Waals surface area contributed by atoms with Crippen LogP contribution in [0.5, 0.6) is 0 Å². The Bertz CT molecular complexity index is 1270. The van der Waals surface area contributed by atoms with Crippen molar-refractivity contribution in [3.8, 4) is 0 Å². The zero-order valence-corrected chi connectivity index (χ0v) is 19.4. The van der Waals surface area contributed by atoms with Crippen molar-refractivity contribution >= 4 is 28.7 Å². The maximum absolute atomic E-state index is 13.2. The molecular formula is C26H25FN4O2S. The highest BCUT2D eigenvalue weighted by molar-refractivity contribution is 7.98. The number of ether oxygens (including phenoxy) is 1. The van der Waals surface area contributed by atoms with Crippen molar-refractivity contribution in [2.45, 2.75) is 36.4 Å². The Morgan fingerprint density at radius 1 is 1.12 bits per heavy atom. The van der Waals surface area contributed by atoms with E-state index in [1.807, 2.05) is 36.5 Å². The Morgan fingerprint density at radius 3 is 2.68 bits per heavy atom. The predicted octanol–water partition coefficient (Wildman–Crippen LogP) is 4.82. The Labute approximate surface area is 201 Å². The minimum atomic E-state index is -0.240. The van der Waals surface area contributed by atoms with Crippen LogP contribution in [0.3, 0.4) is 0 Å². The molecule has 4 aromatic rings. The lowest BCUT2D eigenvalue weighted by molar-refractivity contribution is 0.0858. The number of carbonyl (C=O) groups excluding carboxylic acids is 1. The van der Waals surface area contributed by atoms with Crippen molar-refractivity contribution in [2.75, 3.05) is 13.2 Å². The molecular weight excluding hydrogens is 451 g/mol. The molecule has 0 aliphatic carbocycles. The molecule has 3 heterocycles. The molecule has 0 unspecified atom stereocenters. The van der Waals surface area contributed by atoms with Crippen LogP contribution >= 0.6 is 11.8 Å². The lowest BCUT2D eigenvalue weighted by atomic mass is 10.1. The summed E-state index contributed by atoms with van der Waals surface area (Å²) in [6.07, 6.45) is 5.72. The van der Waals surface area contributed by atoms with Gasteiger partial charge in [0.05, 0.1) is 29.9 Å². The number of benzene rings is 2. The molecule has 0 spiro atoms. The van der Waals surface area contributed by atoms with Gasteiger partial charge in [-0.1, -0.05) is 36.0 Å². The number of amides is 1. The number of hydrogen-bond donors (Lipinski definition) is 1. The molecule has 1 N–H and O–H groups in total. The van der Waals surface area contributed by atoms with Crippen LogP contribution in [0.25, 0.3) is 11.0 Å². The summed E-state index contributed by atoms with van der Waals surface area (Å²) in [4.78, 5) is 21.5. The fraction of sp³-hybridized carbons (Fsp3) is 0.269. The van der Waals surface area contributed by atoms with Gasteiger partial charge in [0.15, 0.2) is 5.16 Å². The summed E-state index contributed by atoms with van der Waals surface area (Å²) in [6.45, 7) is 1.92. The Morgan fingerprint density at radius 2 is 1.91 bits per heavy atom. The maximum atomic E-state index is 13.2. The van der Waals surface area contributed by atoms with Crippen LogP contribution in [-0.4, -0.2) is 39.7 Å². The summed E-state index contributed by atoms with van der Waals surface area (Å²) in [5.74, 6) is 0.354. The molecule has 2 aromatic carbocycles. The molecule has 1 aliphatic heterocycles. The normalized spacial score (nSPS) is 15.6. The molecule has 2 aromatic heterocycles. The number of carbonyl (C=O) groups is 1. The monoisotopic (exact) mass is 476 g/mol. The molecule has 1 atom stereocenters. The van der Waals surface area contributed by atoms with Gasteiger partial charge < -0.3 is 14.6 Å². The summed E-state index contributed by atoms with van der Waals surface area (Å²) in [5.41, 5.74) is 4.54. The number of rotatable bonds is 8. The third-order valence-corrected chi connectivity index (χ3v) is 6.92. The molecule has 8 heteroatoms. The Hall–Kier alpha value is -3.23. The van der Waals surface area contributed by atoms with E-state index < -0.39 is 0 Å². The molecule has 174 valence electrons. The molecule has 1 aliphatic rings. The zero-order valence-electron chi connectivity index (χ0n) is 18.6. The van der Waals surface area contributed by atoms with Gasteiger partial charge in [0.25, 0.3) is 5.91 Å². The highest BCUT2D eigenvalue weighted by Crippen LogP contribution is 2.27. The predicted molar refractivity (Wildman–Crippen MR) is 130 cm³/mol. The van der Waals surface area contributed by atoms with E-state index in [0.29, 0.717) is 24.4 Å². The first-order chi connectivity index (χ1) is 16.7. The van der Waals surface area contributed by atoms with Gasteiger partial charge in [0.2, 0.25) is 0 Å². The van der Waals surface area contributed by atoms with E-state index in [-0.39, 0.29) is 17.8 Å². The first kappa shape index (κ1) is 22.6. The van der Waals surface area contributed by atoms with Gasteiger partial charge in [-0.05, 0) is 54.3 Å². The van der Waals surface area contributed by atoms with Gasteiger partial charge in [0, 0.05) is 30.7 Å². The molecule has 6 nitrogen and oxygen atoms in total. The fourth-order valence-corrected chi connectivity index (χ4v) is 4.97. The van der Waals surface area contributed by atoms with Crippen LogP contribution in [0.4, 0.5) is 4.39 Å². The van der Waals surface area contributed by atoms with Crippen LogP contribution in [-0.2, 0) is 17.0 Å². The largest absolute Gasteiger partial charge is 0.376 e. The second-order valence-corrected chi connectivity index (χ2v) is 9.24. The number of imidazole rings is 1. The van der Waals surface area contributed by atoms with E-state index in [2.05, 4.69) is 14.9 Å². The highest BCUT2D eigenvalue weighted by atomic mass is 32.2. The van der Waals surface area contributed by atoms with Crippen LogP contribution < -0.4 is 5.32 Å². The van der Waals surface area contributed by atoms with Gasteiger partial charge in [0.1, 0.15) is 5.82 Å². The van der Waals surface area contributed by atoms with Crippen LogP contribution in [0, 0.1) is 5.82 Å². The van der Waals surface area contributed by atoms with Crippen LogP contribution in [0.1, 0.15) is 34.3 Å². The third-order valence-electron chi connectivity index (χ3n) is 5.87. The maximum Gasteiger partial charge on any atom is 0.251 e. The standard InChI is InChI=1S/C26H25FN4O2S/c27-21-9-5-19(6-10-21)17-34-26-30-23-11-12-28-15-24(23)31(26)16-18-3-7-20(8-4-18)25(32)29-14-22-2-1-13-33-22/h3-12,15,22H,1-2,13-14,16-17H2,(H,29,32)/t22-/m0/s1. The van der Waals surface area contributed by atoms with E-state index in [4.69, 9.17) is 9.72 Å². The summed E-state index contributed by atoms with van der Waals surface area (Å²) in [5, 5.41) is 3.83. The molecule has 0 bridgehead atoms. The molecule has 1 fully saturated rings. The fourth-order valence-electron chi connectivity index (χ4n) is 4.00. The van der Waals surface area contributed by atoms with Crippen molar-refractivity contribution in [3.05, 3.63) is 89.5 Å². The molecule has 5 rings (SSSR count). The van der Waals surface area contributed by atoms with Gasteiger partial charge in [-0.15, -0.1) is 0 Å². The first-order valence-electron chi connectivity index (χ1n) is 11.3. The van der Waals surface area contributed by atoms with E-state index in [1.54, 1.807) is 30.1 Å². The smallest absolute Gasteiger partial charge is 0.251 e.